The van der Waals surface area contributed by atoms with Gasteiger partial charge >= 0.3 is 0 Å². The second-order valence-corrected chi connectivity index (χ2v) is 6.30. The maximum absolute atomic E-state index is 5.94. The molecule has 0 saturated heterocycles. The van der Waals surface area contributed by atoms with Crippen molar-refractivity contribution < 1.29 is 4.74 Å². The number of nitrogens with zero attached hydrogens (tertiary/aromatic N) is 1. The molecule has 4 nitrogen and oxygen atoms in total. The van der Waals surface area contributed by atoms with Crippen molar-refractivity contribution in [2.75, 3.05) is 33.1 Å². The summed E-state index contributed by atoms with van der Waals surface area (Å²) in [5.41, 5.74) is 8.33. The van der Waals surface area contributed by atoms with Gasteiger partial charge in [-0.05, 0) is 57.1 Å². The van der Waals surface area contributed by atoms with E-state index in [0.717, 1.165) is 24.5 Å². The van der Waals surface area contributed by atoms with Gasteiger partial charge in [0, 0.05) is 12.6 Å². The fourth-order valence-corrected chi connectivity index (χ4v) is 3.21. The highest BCUT2D eigenvalue weighted by molar-refractivity contribution is 5.58. The van der Waals surface area contributed by atoms with Gasteiger partial charge < -0.3 is 20.7 Å². The lowest BCUT2D eigenvalue weighted by molar-refractivity contribution is 0.331. The third-order valence-electron chi connectivity index (χ3n) is 4.32. The van der Waals surface area contributed by atoms with E-state index in [9.17, 15) is 0 Å². The normalized spacial score (nSPS) is 22.3. The molecule has 2 unspecified atom stereocenters. The summed E-state index contributed by atoms with van der Waals surface area (Å²) in [5.74, 6) is 1.49. The molecule has 0 spiro atoms. The highest BCUT2D eigenvalue weighted by atomic mass is 16.5. The fraction of sp³-hybridized carbons (Fsp3) is 0.647. The molecule has 1 saturated carbocycles. The average molecular weight is 291 g/mol. The minimum atomic E-state index is 0.465. The lowest BCUT2D eigenvalue weighted by Gasteiger charge is -2.32. The smallest absolute Gasteiger partial charge is 0.141 e. The molecule has 2 rings (SSSR count). The molecule has 3 N–H and O–H groups in total. The van der Waals surface area contributed by atoms with Crippen LogP contribution in [0.15, 0.2) is 18.2 Å². The van der Waals surface area contributed by atoms with Crippen LogP contribution in [-0.2, 0) is 6.54 Å². The van der Waals surface area contributed by atoms with Gasteiger partial charge in [-0.1, -0.05) is 18.9 Å². The minimum absolute atomic E-state index is 0.465. The van der Waals surface area contributed by atoms with Crippen LogP contribution in [0.5, 0.6) is 5.75 Å². The average Bonchev–Trinajstić information content (AvgIpc) is 2.47. The van der Waals surface area contributed by atoms with Crippen LogP contribution < -0.4 is 15.8 Å². The van der Waals surface area contributed by atoms with E-state index in [0.29, 0.717) is 12.0 Å². The minimum Gasteiger partial charge on any atom is -0.495 e. The van der Waals surface area contributed by atoms with Crippen LogP contribution in [0.2, 0.25) is 0 Å². The van der Waals surface area contributed by atoms with Crippen molar-refractivity contribution in [2.45, 2.75) is 38.3 Å². The third-order valence-corrected chi connectivity index (χ3v) is 4.32. The number of benzene rings is 1. The van der Waals surface area contributed by atoms with Crippen LogP contribution in [0.4, 0.5) is 5.69 Å². The molecule has 4 heteroatoms. The van der Waals surface area contributed by atoms with Gasteiger partial charge in [0.2, 0.25) is 0 Å². The zero-order valence-corrected chi connectivity index (χ0v) is 13.6. The largest absolute Gasteiger partial charge is 0.495 e. The summed E-state index contributed by atoms with van der Waals surface area (Å²) in [6.45, 7) is 1.70. The van der Waals surface area contributed by atoms with Gasteiger partial charge in [-0.2, -0.15) is 0 Å². The Morgan fingerprint density at radius 1 is 1.29 bits per heavy atom. The summed E-state index contributed by atoms with van der Waals surface area (Å²) >= 11 is 0. The number of hydrogen-bond donors (Lipinski definition) is 2. The van der Waals surface area contributed by atoms with Crippen LogP contribution in [0.1, 0.15) is 31.2 Å². The maximum atomic E-state index is 5.94. The van der Waals surface area contributed by atoms with E-state index < -0.39 is 0 Å². The molecule has 0 heterocycles. The Kier molecular flexibility index (Phi) is 5.88. The first-order valence-electron chi connectivity index (χ1n) is 7.92. The van der Waals surface area contributed by atoms with Gasteiger partial charge in [-0.3, -0.25) is 0 Å². The van der Waals surface area contributed by atoms with Crippen LogP contribution in [-0.4, -0.2) is 38.7 Å². The fourth-order valence-electron chi connectivity index (χ4n) is 3.21. The molecule has 1 aliphatic carbocycles. The lowest BCUT2D eigenvalue weighted by Crippen LogP contribution is -2.36. The molecule has 1 aromatic carbocycles. The molecule has 1 aromatic rings. The summed E-state index contributed by atoms with van der Waals surface area (Å²) in [6, 6.07) is 6.86. The van der Waals surface area contributed by atoms with Crippen molar-refractivity contribution in [2.24, 2.45) is 11.7 Å². The molecular formula is C17H29N3O. The number of nitrogens with two attached hydrogens (primary N) is 1. The molecule has 0 aromatic heterocycles. The summed E-state index contributed by atoms with van der Waals surface area (Å²) in [6.07, 6.45) is 5.02. The van der Waals surface area contributed by atoms with Gasteiger partial charge in [0.25, 0.3) is 0 Å². The molecule has 1 fully saturated rings. The predicted octanol–water partition coefficient (Wildman–Crippen LogP) is 2.69. The number of ether oxygens (including phenoxy) is 1. The zero-order chi connectivity index (χ0) is 15.2. The highest BCUT2D eigenvalue weighted by Crippen LogP contribution is 2.31. The van der Waals surface area contributed by atoms with Gasteiger partial charge in [0.05, 0.1) is 12.8 Å². The molecule has 0 radical (unpaired) electrons. The van der Waals surface area contributed by atoms with E-state index in [-0.39, 0.29) is 0 Å². The summed E-state index contributed by atoms with van der Waals surface area (Å²) in [5, 5.41) is 3.69. The van der Waals surface area contributed by atoms with Crippen molar-refractivity contribution in [3.8, 4) is 5.75 Å². The van der Waals surface area contributed by atoms with Crippen molar-refractivity contribution in [1.29, 1.82) is 0 Å². The van der Waals surface area contributed by atoms with E-state index in [4.69, 9.17) is 10.5 Å². The lowest BCUT2D eigenvalue weighted by atomic mass is 9.84. The van der Waals surface area contributed by atoms with Crippen LogP contribution in [0, 0.1) is 5.92 Å². The Bertz CT molecular complexity index is 448. The molecule has 21 heavy (non-hydrogen) atoms. The maximum Gasteiger partial charge on any atom is 0.141 e. The Morgan fingerprint density at radius 2 is 2.05 bits per heavy atom. The van der Waals surface area contributed by atoms with Gasteiger partial charge in [0.15, 0.2) is 0 Å². The molecule has 1 aliphatic rings. The quantitative estimate of drug-likeness (QED) is 0.846. The van der Waals surface area contributed by atoms with Crippen molar-refractivity contribution >= 4 is 5.69 Å². The second kappa shape index (κ2) is 7.66. The van der Waals surface area contributed by atoms with Crippen LogP contribution in [0.3, 0.4) is 0 Å². The van der Waals surface area contributed by atoms with E-state index in [1.54, 1.807) is 7.11 Å². The van der Waals surface area contributed by atoms with Crippen LogP contribution >= 0.6 is 0 Å². The van der Waals surface area contributed by atoms with Gasteiger partial charge in [0.1, 0.15) is 5.75 Å². The molecule has 118 valence electrons. The Labute approximate surface area is 128 Å². The van der Waals surface area contributed by atoms with Gasteiger partial charge in [-0.25, -0.2) is 0 Å². The molecule has 0 aliphatic heterocycles. The molecule has 2 atom stereocenters. The van der Waals surface area contributed by atoms with E-state index in [1.165, 1.54) is 31.2 Å². The van der Waals surface area contributed by atoms with Crippen molar-refractivity contribution in [3.63, 3.8) is 0 Å². The summed E-state index contributed by atoms with van der Waals surface area (Å²) in [4.78, 5) is 2.18. The van der Waals surface area contributed by atoms with E-state index in [2.05, 4.69) is 42.5 Å². The number of anilines is 1. The number of rotatable bonds is 6. The van der Waals surface area contributed by atoms with Crippen molar-refractivity contribution in [1.82, 2.24) is 4.90 Å². The zero-order valence-electron chi connectivity index (χ0n) is 13.6. The third kappa shape index (κ3) is 4.35. The van der Waals surface area contributed by atoms with Crippen LogP contribution in [0.25, 0.3) is 0 Å². The van der Waals surface area contributed by atoms with Crippen molar-refractivity contribution in [3.05, 3.63) is 23.8 Å². The second-order valence-electron chi connectivity index (χ2n) is 6.30. The monoisotopic (exact) mass is 291 g/mol. The number of nitrogens with one attached hydrogen (secondary N) is 1. The Morgan fingerprint density at radius 3 is 2.71 bits per heavy atom. The molecule has 0 bridgehead atoms. The van der Waals surface area contributed by atoms with E-state index >= 15 is 0 Å². The SMILES string of the molecule is COc1ccc(CN(C)C)cc1NC1CCCCC1CN. The number of hydrogen-bond acceptors (Lipinski definition) is 4. The Balaban J connectivity index is 2.15. The first-order chi connectivity index (χ1) is 10.1. The first-order valence-corrected chi connectivity index (χ1v) is 7.92. The molecular weight excluding hydrogens is 262 g/mol. The summed E-state index contributed by atoms with van der Waals surface area (Å²) < 4.78 is 5.51. The topological polar surface area (TPSA) is 50.5 Å². The molecule has 0 amide bonds. The van der Waals surface area contributed by atoms with E-state index in [1.807, 2.05) is 0 Å². The number of methoxy groups -OCH3 is 1. The first kappa shape index (κ1) is 16.1. The predicted molar refractivity (Wildman–Crippen MR) is 88.8 cm³/mol. The summed E-state index contributed by atoms with van der Waals surface area (Å²) in [7, 11) is 5.90. The van der Waals surface area contributed by atoms with Gasteiger partial charge in [-0.15, -0.1) is 0 Å². The Hall–Kier alpha value is -1.26. The standard InChI is InChI=1S/C17H29N3O/c1-20(2)12-13-8-9-17(21-3)16(10-13)19-15-7-5-4-6-14(15)11-18/h8-10,14-15,19H,4-7,11-12,18H2,1-3H3. The highest BCUT2D eigenvalue weighted by Gasteiger charge is 2.24.